The fourth-order valence-electron chi connectivity index (χ4n) is 3.14. The van der Waals surface area contributed by atoms with Gasteiger partial charge in [0.25, 0.3) is 5.91 Å². The molecule has 0 atom stereocenters. The number of amides is 2. The molecule has 7 nitrogen and oxygen atoms in total. The second-order valence-corrected chi connectivity index (χ2v) is 8.01. The van der Waals surface area contributed by atoms with E-state index < -0.39 is 12.0 Å². The Labute approximate surface area is 157 Å². The summed E-state index contributed by atoms with van der Waals surface area (Å²) in [6, 6.07) is 1.81. The standard InChI is InChI=1S/C16H19BrN4O3S/c17-11-8-20-15(13-10(11)7-12(25-13)14(18)22)21-5-2-9(3-6-21)1-4-19-16(23)24/h7-9,19H,1-6H2,(H2,18,22)(H,23,24). The van der Waals surface area contributed by atoms with Gasteiger partial charge in [0.05, 0.1) is 9.58 Å². The molecule has 134 valence electrons. The molecule has 9 heteroatoms. The van der Waals surface area contributed by atoms with Crippen molar-refractivity contribution < 1.29 is 14.7 Å². The zero-order chi connectivity index (χ0) is 18.0. The van der Waals surface area contributed by atoms with E-state index in [0.717, 1.165) is 52.7 Å². The second kappa shape index (κ2) is 7.57. The summed E-state index contributed by atoms with van der Waals surface area (Å²) in [5, 5.41) is 12.0. The molecule has 1 aliphatic heterocycles. The first-order valence-corrected chi connectivity index (χ1v) is 9.66. The maximum absolute atomic E-state index is 11.5. The first-order valence-electron chi connectivity index (χ1n) is 8.05. The summed E-state index contributed by atoms with van der Waals surface area (Å²) in [5.74, 6) is 0.972. The van der Waals surface area contributed by atoms with Crippen LogP contribution in [0.25, 0.3) is 10.1 Å². The molecule has 1 aliphatic rings. The minimum absolute atomic E-state index is 0.427. The summed E-state index contributed by atoms with van der Waals surface area (Å²) in [6.45, 7) is 2.23. The number of nitrogens with zero attached hydrogens (tertiary/aromatic N) is 2. The summed E-state index contributed by atoms with van der Waals surface area (Å²) in [6.07, 6.45) is 3.64. The number of pyridine rings is 1. The van der Waals surface area contributed by atoms with E-state index in [2.05, 4.69) is 31.1 Å². The highest BCUT2D eigenvalue weighted by Crippen LogP contribution is 2.38. The SMILES string of the molecule is NC(=O)c1cc2c(Br)cnc(N3CCC(CCNC(=O)O)CC3)c2s1. The van der Waals surface area contributed by atoms with E-state index in [4.69, 9.17) is 10.8 Å². The van der Waals surface area contributed by atoms with E-state index in [1.54, 1.807) is 6.20 Å². The summed E-state index contributed by atoms with van der Waals surface area (Å²) < 4.78 is 1.82. The number of carbonyl (C=O) groups excluding carboxylic acids is 1. The van der Waals surface area contributed by atoms with Crippen LogP contribution in [0.4, 0.5) is 10.6 Å². The molecule has 0 aliphatic carbocycles. The molecule has 0 unspecified atom stereocenters. The van der Waals surface area contributed by atoms with Crippen LogP contribution in [-0.2, 0) is 0 Å². The number of aromatic nitrogens is 1. The van der Waals surface area contributed by atoms with Crippen molar-refractivity contribution in [3.8, 4) is 0 Å². The van der Waals surface area contributed by atoms with Crippen molar-refractivity contribution in [3.63, 3.8) is 0 Å². The maximum Gasteiger partial charge on any atom is 0.404 e. The summed E-state index contributed by atoms with van der Waals surface area (Å²) >= 11 is 4.86. The van der Waals surface area contributed by atoms with Crippen molar-refractivity contribution in [2.45, 2.75) is 19.3 Å². The van der Waals surface area contributed by atoms with Crippen molar-refractivity contribution >= 4 is 55.2 Å². The molecule has 0 aromatic carbocycles. The van der Waals surface area contributed by atoms with Gasteiger partial charge in [-0.3, -0.25) is 4.79 Å². The van der Waals surface area contributed by atoms with E-state index in [1.807, 2.05) is 6.07 Å². The number of carboxylic acid groups (broad SMARTS) is 1. The molecule has 2 aromatic heterocycles. The van der Waals surface area contributed by atoms with Gasteiger partial charge in [0.2, 0.25) is 0 Å². The summed E-state index contributed by atoms with van der Waals surface area (Å²) in [4.78, 5) is 29.3. The fourth-order valence-corrected chi connectivity index (χ4v) is 4.74. The Kier molecular flexibility index (Phi) is 5.43. The van der Waals surface area contributed by atoms with Gasteiger partial charge in [0.15, 0.2) is 0 Å². The molecule has 1 saturated heterocycles. The van der Waals surface area contributed by atoms with Crippen molar-refractivity contribution in [1.29, 1.82) is 0 Å². The highest BCUT2D eigenvalue weighted by Gasteiger charge is 2.23. The van der Waals surface area contributed by atoms with E-state index in [9.17, 15) is 9.59 Å². The first kappa shape index (κ1) is 17.9. The Balaban J connectivity index is 1.72. The first-order chi connectivity index (χ1) is 12.0. The highest BCUT2D eigenvalue weighted by atomic mass is 79.9. The number of anilines is 1. The minimum Gasteiger partial charge on any atom is -0.465 e. The number of primary amides is 1. The number of hydrogen-bond acceptors (Lipinski definition) is 5. The summed E-state index contributed by atoms with van der Waals surface area (Å²) in [5.41, 5.74) is 5.42. The number of rotatable bonds is 5. The van der Waals surface area contributed by atoms with Gasteiger partial charge in [-0.2, -0.15) is 0 Å². The van der Waals surface area contributed by atoms with Gasteiger partial charge in [0.1, 0.15) is 5.82 Å². The molecule has 2 aromatic rings. The number of hydrogen-bond donors (Lipinski definition) is 3. The molecule has 4 N–H and O–H groups in total. The van der Waals surface area contributed by atoms with Crippen LogP contribution in [0, 0.1) is 5.92 Å². The molecule has 0 radical (unpaired) electrons. The fraction of sp³-hybridized carbons (Fsp3) is 0.438. The molecule has 1 fully saturated rings. The van der Waals surface area contributed by atoms with Crippen LogP contribution in [0.3, 0.4) is 0 Å². The second-order valence-electron chi connectivity index (χ2n) is 6.10. The number of thiophene rings is 1. The quantitative estimate of drug-likeness (QED) is 0.680. The van der Waals surface area contributed by atoms with Crippen LogP contribution >= 0.6 is 27.3 Å². The smallest absolute Gasteiger partial charge is 0.404 e. The molecule has 2 amide bonds. The van der Waals surface area contributed by atoms with Crippen LogP contribution in [0.1, 0.15) is 28.9 Å². The Hall–Kier alpha value is -1.87. The van der Waals surface area contributed by atoms with Gasteiger partial charge in [0, 0.05) is 35.7 Å². The number of piperidine rings is 1. The summed E-state index contributed by atoms with van der Waals surface area (Å²) in [7, 11) is 0. The minimum atomic E-state index is -0.971. The Morgan fingerprint density at radius 3 is 2.80 bits per heavy atom. The van der Waals surface area contributed by atoms with Gasteiger partial charge in [-0.1, -0.05) is 0 Å². The lowest BCUT2D eigenvalue weighted by molar-refractivity contribution is 0.100. The van der Waals surface area contributed by atoms with E-state index >= 15 is 0 Å². The average molecular weight is 427 g/mol. The molecular weight excluding hydrogens is 408 g/mol. The normalized spacial score (nSPS) is 15.5. The molecule has 0 spiro atoms. The number of halogens is 1. The van der Waals surface area contributed by atoms with Gasteiger partial charge in [-0.25, -0.2) is 9.78 Å². The third-order valence-electron chi connectivity index (χ3n) is 4.48. The Bertz CT molecular complexity index is 802. The molecule has 0 bridgehead atoms. The molecule has 25 heavy (non-hydrogen) atoms. The number of nitrogens with two attached hydrogens (primary N) is 1. The van der Waals surface area contributed by atoms with Crippen molar-refractivity contribution in [1.82, 2.24) is 10.3 Å². The van der Waals surface area contributed by atoms with E-state index in [-0.39, 0.29) is 0 Å². The van der Waals surface area contributed by atoms with Crippen molar-refractivity contribution in [2.75, 3.05) is 24.5 Å². The topological polar surface area (TPSA) is 109 Å². The van der Waals surface area contributed by atoms with Crippen LogP contribution in [0.15, 0.2) is 16.7 Å². The average Bonchev–Trinajstić information content (AvgIpc) is 3.02. The van der Waals surface area contributed by atoms with Gasteiger partial charge < -0.3 is 21.1 Å². The Morgan fingerprint density at radius 2 is 2.16 bits per heavy atom. The largest absolute Gasteiger partial charge is 0.465 e. The number of fused-ring (bicyclic) bond motifs is 1. The molecule has 3 rings (SSSR count). The van der Waals surface area contributed by atoms with Gasteiger partial charge in [-0.15, -0.1) is 11.3 Å². The van der Waals surface area contributed by atoms with Gasteiger partial charge in [-0.05, 0) is 47.2 Å². The maximum atomic E-state index is 11.5. The van der Waals surface area contributed by atoms with Crippen molar-refractivity contribution in [2.24, 2.45) is 11.7 Å². The lowest BCUT2D eigenvalue weighted by Crippen LogP contribution is -2.35. The van der Waals surface area contributed by atoms with Crippen LogP contribution < -0.4 is 16.0 Å². The third-order valence-corrected chi connectivity index (χ3v) is 6.26. The monoisotopic (exact) mass is 426 g/mol. The lowest BCUT2D eigenvalue weighted by atomic mass is 9.93. The number of nitrogens with one attached hydrogen (secondary N) is 1. The highest BCUT2D eigenvalue weighted by molar-refractivity contribution is 9.10. The van der Waals surface area contributed by atoms with Crippen LogP contribution in [0.2, 0.25) is 0 Å². The predicted molar refractivity (Wildman–Crippen MR) is 101 cm³/mol. The predicted octanol–water partition coefficient (Wildman–Crippen LogP) is 3.03. The zero-order valence-electron chi connectivity index (χ0n) is 13.5. The molecule has 0 saturated carbocycles. The van der Waals surface area contributed by atoms with E-state index in [1.165, 1.54) is 11.3 Å². The van der Waals surface area contributed by atoms with Gasteiger partial charge >= 0.3 is 6.09 Å². The van der Waals surface area contributed by atoms with Crippen LogP contribution in [-0.4, -0.2) is 41.7 Å². The van der Waals surface area contributed by atoms with E-state index in [0.29, 0.717) is 17.3 Å². The molecule has 3 heterocycles. The molecular formula is C16H19BrN4O3S. The van der Waals surface area contributed by atoms with Crippen molar-refractivity contribution in [3.05, 3.63) is 21.6 Å². The third kappa shape index (κ3) is 4.04. The Morgan fingerprint density at radius 1 is 1.44 bits per heavy atom. The lowest BCUT2D eigenvalue weighted by Gasteiger charge is -2.33. The zero-order valence-corrected chi connectivity index (χ0v) is 15.9. The van der Waals surface area contributed by atoms with Crippen LogP contribution in [0.5, 0.6) is 0 Å². The number of carbonyl (C=O) groups is 2.